The molecule has 2 N–H and O–H groups in total. The summed E-state index contributed by atoms with van der Waals surface area (Å²) in [6.07, 6.45) is -0.578. The highest BCUT2D eigenvalue weighted by Crippen LogP contribution is 2.21. The van der Waals surface area contributed by atoms with Crippen molar-refractivity contribution >= 4 is 5.69 Å². The van der Waals surface area contributed by atoms with Gasteiger partial charge in [0.2, 0.25) is 0 Å². The monoisotopic (exact) mass is 187 g/mol. The lowest BCUT2D eigenvalue weighted by molar-refractivity contribution is 0.276. The summed E-state index contributed by atoms with van der Waals surface area (Å²) in [4.78, 5) is 0. The number of rotatable bonds is 2. The van der Waals surface area contributed by atoms with E-state index in [0.29, 0.717) is 17.0 Å². The average Bonchev–Trinajstić information content (AvgIpc) is 2.20. The van der Waals surface area contributed by atoms with E-state index in [9.17, 15) is 0 Å². The molecule has 0 aliphatic rings. The lowest BCUT2D eigenvalue weighted by Gasteiger charge is -2.09. The zero-order chi connectivity index (χ0) is 10.6. The van der Waals surface area contributed by atoms with Crippen molar-refractivity contribution in [3.63, 3.8) is 0 Å². The molecule has 0 saturated carbocycles. The van der Waals surface area contributed by atoms with E-state index in [0.717, 1.165) is 0 Å². The second kappa shape index (κ2) is 4.15. The van der Waals surface area contributed by atoms with Crippen LogP contribution in [-0.2, 0) is 0 Å². The molecule has 70 valence electrons. The average molecular weight is 187 g/mol. The molecule has 0 saturated heterocycles. The van der Waals surface area contributed by atoms with Gasteiger partial charge in [-0.25, -0.2) is 0 Å². The summed E-state index contributed by atoms with van der Waals surface area (Å²) >= 11 is 0. The van der Waals surface area contributed by atoms with Crippen LogP contribution in [0.5, 0.6) is 5.75 Å². The van der Waals surface area contributed by atoms with Gasteiger partial charge in [-0.05, 0) is 25.1 Å². The summed E-state index contributed by atoms with van der Waals surface area (Å²) in [5.74, 6) is 0.385. The highest BCUT2D eigenvalue weighted by Gasteiger charge is 2.07. The Morgan fingerprint density at radius 1 is 1.43 bits per heavy atom. The molecule has 1 aromatic rings. The zero-order valence-corrected chi connectivity index (χ0v) is 7.69. The fraction of sp³-hybridized carbons (Fsp3) is 0.200. The largest absolute Gasteiger partial charge is 0.474 e. The van der Waals surface area contributed by atoms with Crippen molar-refractivity contribution < 1.29 is 4.74 Å². The van der Waals surface area contributed by atoms with Gasteiger partial charge in [0.15, 0.2) is 6.10 Å². The van der Waals surface area contributed by atoms with Crippen LogP contribution in [0, 0.1) is 22.7 Å². The Hall–Kier alpha value is -2.20. The summed E-state index contributed by atoms with van der Waals surface area (Å²) in [5.41, 5.74) is 6.33. The Morgan fingerprint density at radius 2 is 2.14 bits per heavy atom. The van der Waals surface area contributed by atoms with Gasteiger partial charge < -0.3 is 10.5 Å². The van der Waals surface area contributed by atoms with Crippen molar-refractivity contribution in [3.05, 3.63) is 23.8 Å². The molecule has 1 rings (SSSR count). The number of nitriles is 2. The van der Waals surface area contributed by atoms with E-state index in [1.54, 1.807) is 19.1 Å². The van der Waals surface area contributed by atoms with Crippen molar-refractivity contribution in [2.24, 2.45) is 0 Å². The Labute approximate surface area is 82.1 Å². The number of hydrogen-bond acceptors (Lipinski definition) is 4. The molecule has 0 amide bonds. The van der Waals surface area contributed by atoms with Gasteiger partial charge in [-0.2, -0.15) is 10.5 Å². The van der Waals surface area contributed by atoms with Crippen LogP contribution in [0.25, 0.3) is 0 Å². The van der Waals surface area contributed by atoms with Gasteiger partial charge in [0.05, 0.1) is 5.56 Å². The third-order valence-electron chi connectivity index (χ3n) is 1.61. The maximum atomic E-state index is 8.76. The van der Waals surface area contributed by atoms with Crippen LogP contribution in [0.2, 0.25) is 0 Å². The van der Waals surface area contributed by atoms with Crippen LogP contribution in [0.4, 0.5) is 5.69 Å². The topological polar surface area (TPSA) is 82.8 Å². The predicted molar refractivity (Wildman–Crippen MR) is 51.3 cm³/mol. The van der Waals surface area contributed by atoms with E-state index in [1.807, 2.05) is 12.1 Å². The smallest absolute Gasteiger partial charge is 0.181 e. The van der Waals surface area contributed by atoms with Gasteiger partial charge >= 0.3 is 0 Å². The van der Waals surface area contributed by atoms with Crippen molar-refractivity contribution in [2.75, 3.05) is 5.73 Å². The first-order chi connectivity index (χ1) is 6.67. The van der Waals surface area contributed by atoms with Crippen molar-refractivity contribution in [2.45, 2.75) is 13.0 Å². The van der Waals surface area contributed by atoms with E-state index in [4.69, 9.17) is 21.0 Å². The molecule has 1 aromatic carbocycles. The van der Waals surface area contributed by atoms with Crippen LogP contribution in [0.3, 0.4) is 0 Å². The summed E-state index contributed by atoms with van der Waals surface area (Å²) in [7, 11) is 0. The fourth-order valence-corrected chi connectivity index (χ4v) is 0.955. The normalized spacial score (nSPS) is 11.1. The molecule has 0 bridgehead atoms. The molecule has 4 nitrogen and oxygen atoms in total. The first-order valence-corrected chi connectivity index (χ1v) is 4.03. The molecule has 0 radical (unpaired) electrons. The number of ether oxygens (including phenoxy) is 1. The quantitative estimate of drug-likeness (QED) is 0.710. The highest BCUT2D eigenvalue weighted by atomic mass is 16.5. The Bertz CT molecular complexity index is 414. The Balaban J connectivity index is 2.99. The van der Waals surface area contributed by atoms with E-state index < -0.39 is 6.10 Å². The molecule has 0 spiro atoms. The second-order valence-electron chi connectivity index (χ2n) is 2.76. The molecule has 0 aliphatic heterocycles. The third-order valence-corrected chi connectivity index (χ3v) is 1.61. The molecule has 1 unspecified atom stereocenters. The van der Waals surface area contributed by atoms with E-state index in [1.165, 1.54) is 6.07 Å². The Kier molecular flexibility index (Phi) is 2.93. The van der Waals surface area contributed by atoms with Crippen LogP contribution in [0.15, 0.2) is 18.2 Å². The lowest BCUT2D eigenvalue weighted by Crippen LogP contribution is -2.09. The van der Waals surface area contributed by atoms with Crippen LogP contribution in [0.1, 0.15) is 12.5 Å². The van der Waals surface area contributed by atoms with Crippen molar-refractivity contribution in [1.29, 1.82) is 10.5 Å². The predicted octanol–water partition coefficient (Wildman–Crippen LogP) is 1.43. The molecular weight excluding hydrogens is 178 g/mol. The zero-order valence-electron chi connectivity index (χ0n) is 7.69. The summed E-state index contributed by atoms with van der Waals surface area (Å²) in [6.45, 7) is 1.61. The number of hydrogen-bond donors (Lipinski definition) is 1. The van der Waals surface area contributed by atoms with Gasteiger partial charge in [0, 0.05) is 5.69 Å². The number of anilines is 1. The molecule has 4 heteroatoms. The van der Waals surface area contributed by atoms with Gasteiger partial charge in [-0.15, -0.1) is 0 Å². The molecule has 0 fully saturated rings. The van der Waals surface area contributed by atoms with Gasteiger partial charge in [0.25, 0.3) is 0 Å². The standard InChI is InChI=1S/C10H9N3O/c1-7(5-11)14-10-3-2-9(13)4-8(10)6-12/h2-4,7H,13H2,1H3. The summed E-state index contributed by atoms with van der Waals surface area (Å²) in [5, 5.41) is 17.3. The van der Waals surface area contributed by atoms with Gasteiger partial charge in [0.1, 0.15) is 17.9 Å². The van der Waals surface area contributed by atoms with Crippen molar-refractivity contribution in [1.82, 2.24) is 0 Å². The lowest BCUT2D eigenvalue weighted by atomic mass is 10.2. The Morgan fingerprint density at radius 3 is 2.71 bits per heavy atom. The minimum absolute atomic E-state index is 0.340. The van der Waals surface area contributed by atoms with Gasteiger partial charge in [-0.1, -0.05) is 0 Å². The molecule has 0 aliphatic carbocycles. The second-order valence-corrected chi connectivity index (χ2v) is 2.76. The molecule has 0 heterocycles. The number of nitrogens with two attached hydrogens (primary N) is 1. The van der Waals surface area contributed by atoms with Crippen molar-refractivity contribution in [3.8, 4) is 17.9 Å². The SMILES string of the molecule is CC(C#N)Oc1ccc(N)cc1C#N. The minimum Gasteiger partial charge on any atom is -0.474 e. The minimum atomic E-state index is -0.578. The molecule has 14 heavy (non-hydrogen) atoms. The fourth-order valence-electron chi connectivity index (χ4n) is 0.955. The van der Waals surface area contributed by atoms with Crippen LogP contribution >= 0.6 is 0 Å². The number of benzene rings is 1. The molecular formula is C10H9N3O. The first kappa shape index (κ1) is 9.88. The maximum absolute atomic E-state index is 8.76. The number of nitrogens with zero attached hydrogens (tertiary/aromatic N) is 2. The first-order valence-electron chi connectivity index (χ1n) is 4.03. The summed E-state index contributed by atoms with van der Waals surface area (Å²) < 4.78 is 5.20. The molecule has 1 atom stereocenters. The van der Waals surface area contributed by atoms with E-state index in [-0.39, 0.29) is 0 Å². The van der Waals surface area contributed by atoms with Crippen LogP contribution in [-0.4, -0.2) is 6.10 Å². The highest BCUT2D eigenvalue weighted by molar-refractivity contribution is 5.53. The maximum Gasteiger partial charge on any atom is 0.181 e. The third kappa shape index (κ3) is 2.15. The molecule has 0 aromatic heterocycles. The van der Waals surface area contributed by atoms with E-state index in [2.05, 4.69) is 0 Å². The number of nitrogen functional groups attached to an aromatic ring is 1. The summed E-state index contributed by atoms with van der Waals surface area (Å²) in [6, 6.07) is 8.59. The van der Waals surface area contributed by atoms with Gasteiger partial charge in [-0.3, -0.25) is 0 Å². The van der Waals surface area contributed by atoms with Crippen LogP contribution < -0.4 is 10.5 Å². The van der Waals surface area contributed by atoms with E-state index >= 15 is 0 Å².